The summed E-state index contributed by atoms with van der Waals surface area (Å²) in [6, 6.07) is -0.534. The van der Waals surface area contributed by atoms with E-state index in [0.29, 0.717) is 19.4 Å². The first kappa shape index (κ1) is 18.0. The second-order valence-corrected chi connectivity index (χ2v) is 6.09. The van der Waals surface area contributed by atoms with Crippen molar-refractivity contribution in [3.05, 3.63) is 0 Å². The number of rotatable bonds is 7. The van der Waals surface area contributed by atoms with Crippen LogP contribution in [0.1, 0.15) is 53.9 Å². The van der Waals surface area contributed by atoms with E-state index in [4.69, 9.17) is 4.74 Å². The van der Waals surface area contributed by atoms with E-state index in [2.05, 4.69) is 5.32 Å². The van der Waals surface area contributed by atoms with Crippen molar-refractivity contribution in [1.29, 1.82) is 0 Å². The highest BCUT2D eigenvalue weighted by atomic mass is 16.5. The van der Waals surface area contributed by atoms with Crippen molar-refractivity contribution in [2.75, 3.05) is 13.7 Å². The van der Waals surface area contributed by atoms with Gasteiger partial charge in [-0.25, -0.2) is 0 Å². The Morgan fingerprint density at radius 2 is 1.81 bits per heavy atom. The highest BCUT2D eigenvalue weighted by molar-refractivity contribution is 6.00. The summed E-state index contributed by atoms with van der Waals surface area (Å²) in [5, 5.41) is 2.97. The number of nitrogens with one attached hydrogen (secondary N) is 1. The van der Waals surface area contributed by atoms with Gasteiger partial charge in [0.15, 0.2) is 0 Å². The molecule has 0 aromatic carbocycles. The molecule has 1 N–H and O–H groups in total. The lowest BCUT2D eigenvalue weighted by atomic mass is 9.82. The van der Waals surface area contributed by atoms with Gasteiger partial charge in [0.2, 0.25) is 11.8 Å². The van der Waals surface area contributed by atoms with Gasteiger partial charge in [-0.2, -0.15) is 0 Å². The van der Waals surface area contributed by atoms with Crippen molar-refractivity contribution in [2.45, 2.75) is 71.5 Å². The Morgan fingerprint density at radius 3 is 2.24 bits per heavy atom. The minimum absolute atomic E-state index is 0.0252. The van der Waals surface area contributed by atoms with E-state index >= 15 is 0 Å². The van der Waals surface area contributed by atoms with E-state index in [9.17, 15) is 9.59 Å². The molecule has 3 atom stereocenters. The summed E-state index contributed by atoms with van der Waals surface area (Å²) in [4.78, 5) is 27.5. The number of carbonyl (C=O) groups is 2. The lowest BCUT2D eigenvalue weighted by Crippen LogP contribution is -2.73. The van der Waals surface area contributed by atoms with E-state index < -0.39 is 11.6 Å². The number of carbonyl (C=O) groups excluding carboxylic acids is 2. The molecule has 5 nitrogen and oxygen atoms in total. The first-order valence-corrected chi connectivity index (χ1v) is 8.02. The van der Waals surface area contributed by atoms with E-state index in [0.717, 1.165) is 6.42 Å². The topological polar surface area (TPSA) is 58.6 Å². The molecule has 3 unspecified atom stereocenters. The number of nitrogens with zero attached hydrogens (tertiary/aromatic N) is 1. The molecule has 0 aromatic rings. The largest absolute Gasteiger partial charge is 0.383 e. The molecule has 0 aromatic heterocycles. The van der Waals surface area contributed by atoms with Gasteiger partial charge in [0.05, 0.1) is 12.6 Å². The zero-order valence-electron chi connectivity index (χ0n) is 14.2. The third-order valence-electron chi connectivity index (χ3n) is 4.91. The van der Waals surface area contributed by atoms with Gasteiger partial charge in [0, 0.05) is 7.11 Å². The summed E-state index contributed by atoms with van der Waals surface area (Å²) in [7, 11) is 1.62. The van der Waals surface area contributed by atoms with E-state index in [1.165, 1.54) is 0 Å². The van der Waals surface area contributed by atoms with Crippen LogP contribution in [0.3, 0.4) is 0 Å². The Kier molecular flexibility index (Phi) is 6.20. The van der Waals surface area contributed by atoms with E-state index in [-0.39, 0.29) is 23.8 Å². The second kappa shape index (κ2) is 7.25. The van der Waals surface area contributed by atoms with E-state index in [1.54, 1.807) is 12.0 Å². The number of hydrogen-bond donors (Lipinski definition) is 1. The summed E-state index contributed by atoms with van der Waals surface area (Å²) in [6.07, 6.45) is 2.08. The zero-order chi connectivity index (χ0) is 16.2. The fraction of sp³-hybridized carbons (Fsp3) is 0.875. The van der Waals surface area contributed by atoms with E-state index in [1.807, 2.05) is 34.6 Å². The number of ether oxygens (including phenoxy) is 1. The summed E-state index contributed by atoms with van der Waals surface area (Å²) in [6.45, 7) is 10.4. The van der Waals surface area contributed by atoms with Crippen molar-refractivity contribution < 1.29 is 14.3 Å². The minimum Gasteiger partial charge on any atom is -0.383 e. The predicted molar refractivity (Wildman–Crippen MR) is 82.9 cm³/mol. The van der Waals surface area contributed by atoms with Crippen molar-refractivity contribution in [3.8, 4) is 0 Å². The molecular weight excluding hydrogens is 268 g/mol. The van der Waals surface area contributed by atoms with Gasteiger partial charge in [-0.15, -0.1) is 0 Å². The normalized spacial score (nSPS) is 24.7. The number of hydrogen-bond acceptors (Lipinski definition) is 3. The minimum atomic E-state index is -0.751. The number of amides is 2. The molecule has 0 aliphatic carbocycles. The molecule has 5 heteroatoms. The maximum atomic E-state index is 13.0. The predicted octanol–water partition coefficient (Wildman–Crippen LogP) is 1.95. The lowest BCUT2D eigenvalue weighted by Gasteiger charge is -2.51. The molecule has 122 valence electrons. The molecule has 1 aliphatic heterocycles. The maximum Gasteiger partial charge on any atom is 0.246 e. The van der Waals surface area contributed by atoms with Crippen molar-refractivity contribution in [3.63, 3.8) is 0 Å². The number of piperazine rings is 1. The van der Waals surface area contributed by atoms with Gasteiger partial charge in [-0.1, -0.05) is 34.1 Å². The lowest BCUT2D eigenvalue weighted by molar-refractivity contribution is -0.164. The molecule has 1 aliphatic rings. The monoisotopic (exact) mass is 298 g/mol. The molecule has 2 amide bonds. The molecule has 1 heterocycles. The average Bonchev–Trinajstić information content (AvgIpc) is 2.48. The third-order valence-corrected chi connectivity index (χ3v) is 4.91. The fourth-order valence-corrected chi connectivity index (χ4v) is 3.30. The van der Waals surface area contributed by atoms with Gasteiger partial charge in [0.25, 0.3) is 0 Å². The summed E-state index contributed by atoms with van der Waals surface area (Å²) < 4.78 is 5.22. The molecular formula is C16H30N2O3. The Morgan fingerprint density at radius 1 is 1.24 bits per heavy atom. The highest BCUT2D eigenvalue weighted by Gasteiger charge is 2.52. The van der Waals surface area contributed by atoms with Crippen LogP contribution in [0.15, 0.2) is 0 Å². The zero-order valence-corrected chi connectivity index (χ0v) is 14.2. The molecule has 0 bridgehead atoms. The van der Waals surface area contributed by atoms with Crippen molar-refractivity contribution >= 4 is 11.8 Å². The standard InChI is InChI=1S/C16H30N2O3/c1-7-11(4)13-14(19)18(12(5)10-21-6)16(8-2,9-3)15(20)17-13/h11-13H,7-10H2,1-6H3,(H,17,20). The van der Waals surface area contributed by atoms with Gasteiger partial charge in [0.1, 0.15) is 11.6 Å². The summed E-state index contributed by atoms with van der Waals surface area (Å²) in [5.41, 5.74) is -0.751. The van der Waals surface area contributed by atoms with Crippen LogP contribution in [0, 0.1) is 5.92 Å². The smallest absolute Gasteiger partial charge is 0.246 e. The molecule has 1 fully saturated rings. The van der Waals surface area contributed by atoms with Crippen LogP contribution < -0.4 is 5.32 Å². The van der Waals surface area contributed by atoms with Gasteiger partial charge < -0.3 is 15.0 Å². The first-order chi connectivity index (χ1) is 9.89. The van der Waals surface area contributed by atoms with Gasteiger partial charge in [-0.3, -0.25) is 9.59 Å². The Balaban J connectivity index is 3.23. The Labute approximate surface area is 128 Å². The Bertz CT molecular complexity index is 380. The molecule has 1 saturated heterocycles. The molecule has 0 spiro atoms. The summed E-state index contributed by atoms with van der Waals surface area (Å²) in [5.74, 6) is 0.128. The van der Waals surface area contributed by atoms with Crippen LogP contribution in [0.4, 0.5) is 0 Å². The second-order valence-electron chi connectivity index (χ2n) is 6.09. The maximum absolute atomic E-state index is 13.0. The third kappa shape index (κ3) is 3.07. The van der Waals surface area contributed by atoms with Crippen molar-refractivity contribution in [1.82, 2.24) is 10.2 Å². The molecule has 0 radical (unpaired) electrons. The number of methoxy groups -OCH3 is 1. The fourth-order valence-electron chi connectivity index (χ4n) is 3.30. The highest BCUT2D eigenvalue weighted by Crippen LogP contribution is 2.32. The van der Waals surface area contributed by atoms with Crippen LogP contribution in [-0.4, -0.2) is 48.1 Å². The quantitative estimate of drug-likeness (QED) is 0.781. The van der Waals surface area contributed by atoms with Crippen LogP contribution in [-0.2, 0) is 14.3 Å². The summed E-state index contributed by atoms with van der Waals surface area (Å²) >= 11 is 0. The first-order valence-electron chi connectivity index (χ1n) is 8.02. The van der Waals surface area contributed by atoms with Crippen LogP contribution in [0.2, 0.25) is 0 Å². The van der Waals surface area contributed by atoms with Crippen molar-refractivity contribution in [2.24, 2.45) is 5.92 Å². The Hall–Kier alpha value is -1.10. The van der Waals surface area contributed by atoms with Crippen LogP contribution >= 0.6 is 0 Å². The van der Waals surface area contributed by atoms with Gasteiger partial charge in [-0.05, 0) is 25.7 Å². The van der Waals surface area contributed by atoms with Crippen LogP contribution in [0.5, 0.6) is 0 Å². The average molecular weight is 298 g/mol. The molecule has 1 rings (SSSR count). The molecule has 0 saturated carbocycles. The van der Waals surface area contributed by atoms with Gasteiger partial charge >= 0.3 is 0 Å². The van der Waals surface area contributed by atoms with Crippen LogP contribution in [0.25, 0.3) is 0 Å². The molecule has 21 heavy (non-hydrogen) atoms. The SMILES string of the molecule is CCC(C)C1NC(=O)C(CC)(CC)N(C(C)COC)C1=O.